The molecule has 0 atom stereocenters. The van der Waals surface area contributed by atoms with Crippen molar-refractivity contribution in [3.8, 4) is 0 Å². The Balaban J connectivity index is 2.06. The maximum absolute atomic E-state index is 5.18. The van der Waals surface area contributed by atoms with Crippen molar-refractivity contribution < 1.29 is 4.43 Å². The first-order chi connectivity index (χ1) is 3.33. The summed E-state index contributed by atoms with van der Waals surface area (Å²) in [6, 6.07) is 0. The molecule has 0 aromatic heterocycles. The SMILES string of the molecule is CO[Si]1C[Si](C)C1. The zero-order chi connectivity index (χ0) is 5.28. The van der Waals surface area contributed by atoms with Crippen molar-refractivity contribution in [2.45, 2.75) is 17.9 Å². The van der Waals surface area contributed by atoms with Crippen LogP contribution >= 0.6 is 0 Å². The van der Waals surface area contributed by atoms with Gasteiger partial charge >= 0.3 is 0 Å². The summed E-state index contributed by atoms with van der Waals surface area (Å²) in [5, 5.41) is 0. The van der Waals surface area contributed by atoms with Gasteiger partial charge in [0.05, 0.1) is 0 Å². The second kappa shape index (κ2) is 2.11. The molecule has 1 heterocycles. The highest BCUT2D eigenvalue weighted by Gasteiger charge is 2.29. The third kappa shape index (κ3) is 1.14. The van der Waals surface area contributed by atoms with Gasteiger partial charge in [-0.25, -0.2) is 0 Å². The number of hydrogen-bond donors (Lipinski definition) is 0. The van der Waals surface area contributed by atoms with Crippen molar-refractivity contribution in [3.05, 3.63) is 0 Å². The van der Waals surface area contributed by atoms with E-state index in [0.29, 0.717) is 0 Å². The minimum Gasteiger partial charge on any atom is -0.420 e. The van der Waals surface area contributed by atoms with Crippen molar-refractivity contribution in [2.24, 2.45) is 0 Å². The van der Waals surface area contributed by atoms with Gasteiger partial charge in [-0.15, -0.1) is 0 Å². The van der Waals surface area contributed by atoms with E-state index in [-0.39, 0.29) is 17.8 Å². The van der Waals surface area contributed by atoms with Gasteiger partial charge in [-0.05, 0) is 11.3 Å². The lowest BCUT2D eigenvalue weighted by Crippen LogP contribution is -2.38. The molecule has 0 aromatic rings. The summed E-state index contributed by atoms with van der Waals surface area (Å²) in [5.74, 6) is 0. The molecule has 2 radical (unpaired) electrons. The molecule has 1 saturated heterocycles. The van der Waals surface area contributed by atoms with Crippen LogP contribution in [0.4, 0.5) is 0 Å². The maximum atomic E-state index is 5.18. The predicted octanol–water partition coefficient (Wildman–Crippen LogP) is 0.841. The number of rotatable bonds is 1. The summed E-state index contributed by atoms with van der Waals surface area (Å²) < 4.78 is 5.18. The maximum Gasteiger partial charge on any atom is 0.204 e. The Hall–Kier alpha value is 0.394. The Morgan fingerprint density at radius 3 is 2.14 bits per heavy atom. The minimum absolute atomic E-state index is 0.167. The highest BCUT2D eigenvalue weighted by molar-refractivity contribution is 6.91. The minimum atomic E-state index is -0.191. The van der Waals surface area contributed by atoms with Gasteiger partial charge in [0.15, 0.2) is 0 Å². The van der Waals surface area contributed by atoms with Gasteiger partial charge in [-0.2, -0.15) is 0 Å². The lowest BCUT2D eigenvalue weighted by Gasteiger charge is -2.26. The van der Waals surface area contributed by atoms with Gasteiger partial charge in [-0.1, -0.05) is 6.55 Å². The molecule has 0 N–H and O–H groups in total. The largest absolute Gasteiger partial charge is 0.420 e. The van der Waals surface area contributed by atoms with Gasteiger partial charge in [0.2, 0.25) is 9.04 Å². The molecule has 7 heavy (non-hydrogen) atoms. The van der Waals surface area contributed by atoms with Gasteiger partial charge in [0.25, 0.3) is 0 Å². The Labute approximate surface area is 48.0 Å². The smallest absolute Gasteiger partial charge is 0.204 e. The summed E-state index contributed by atoms with van der Waals surface area (Å²) in [6.45, 7) is 2.39. The fourth-order valence-corrected chi connectivity index (χ4v) is 6.89. The van der Waals surface area contributed by atoms with E-state index in [4.69, 9.17) is 4.43 Å². The van der Waals surface area contributed by atoms with Crippen molar-refractivity contribution in [1.29, 1.82) is 0 Å². The molecule has 0 saturated carbocycles. The van der Waals surface area contributed by atoms with Crippen LogP contribution in [0, 0.1) is 0 Å². The van der Waals surface area contributed by atoms with E-state index >= 15 is 0 Å². The van der Waals surface area contributed by atoms with E-state index in [1.165, 1.54) is 11.3 Å². The molecule has 0 aliphatic carbocycles. The molecule has 0 amide bonds. The summed E-state index contributed by atoms with van der Waals surface area (Å²) in [5.41, 5.74) is 2.96. The van der Waals surface area contributed by atoms with E-state index in [0.717, 1.165) is 0 Å². The molecular weight excluding hydrogens is 120 g/mol. The first-order valence-corrected chi connectivity index (χ1v) is 6.76. The second-order valence-corrected chi connectivity index (χ2v) is 8.28. The molecule has 1 fully saturated rings. The van der Waals surface area contributed by atoms with Crippen LogP contribution in [0.15, 0.2) is 0 Å². The molecule has 1 nitrogen and oxygen atoms in total. The first kappa shape index (κ1) is 5.53. The Bertz CT molecular complexity index is 60.7. The summed E-state index contributed by atoms with van der Waals surface area (Å²) in [4.78, 5) is 0. The van der Waals surface area contributed by atoms with Gasteiger partial charge in [-0.3, -0.25) is 0 Å². The van der Waals surface area contributed by atoms with Crippen LogP contribution in [0.5, 0.6) is 0 Å². The number of hydrogen-bond acceptors (Lipinski definition) is 1. The van der Waals surface area contributed by atoms with Crippen LogP contribution in [0.2, 0.25) is 17.9 Å². The molecule has 1 rings (SSSR count). The second-order valence-electron chi connectivity index (χ2n) is 2.05. The van der Waals surface area contributed by atoms with Crippen LogP contribution in [0.1, 0.15) is 0 Å². The van der Waals surface area contributed by atoms with Crippen LogP contribution in [-0.4, -0.2) is 24.9 Å². The summed E-state index contributed by atoms with van der Waals surface area (Å²) in [7, 11) is 1.83. The molecule has 3 heteroatoms. The normalized spacial score (nSPS) is 24.9. The van der Waals surface area contributed by atoms with Gasteiger partial charge in [0, 0.05) is 15.9 Å². The third-order valence-electron chi connectivity index (χ3n) is 1.29. The highest BCUT2D eigenvalue weighted by atomic mass is 28.4. The molecule has 0 bridgehead atoms. The first-order valence-electron chi connectivity index (χ1n) is 2.53. The van der Waals surface area contributed by atoms with Crippen molar-refractivity contribution >= 4 is 17.8 Å². The molecule has 0 spiro atoms. The average Bonchev–Trinajstić information content (AvgIpc) is 1.58. The summed E-state index contributed by atoms with van der Waals surface area (Å²) >= 11 is 0. The molecule has 0 aromatic carbocycles. The zero-order valence-corrected chi connectivity index (χ0v) is 6.82. The Kier molecular flexibility index (Phi) is 1.66. The summed E-state index contributed by atoms with van der Waals surface area (Å²) in [6.07, 6.45) is 0. The van der Waals surface area contributed by atoms with E-state index in [9.17, 15) is 0 Å². The van der Waals surface area contributed by atoms with Crippen LogP contribution in [-0.2, 0) is 4.43 Å². The van der Waals surface area contributed by atoms with E-state index < -0.39 is 0 Å². The van der Waals surface area contributed by atoms with E-state index in [1.807, 2.05) is 7.11 Å². The molecule has 1 aliphatic rings. The standard InChI is InChI=1S/C4H10OSi2/c1-5-7-3-6(2)4-7/h3-4H2,1-2H3. The Morgan fingerprint density at radius 2 is 2.00 bits per heavy atom. The van der Waals surface area contributed by atoms with Crippen molar-refractivity contribution in [2.75, 3.05) is 7.11 Å². The van der Waals surface area contributed by atoms with Crippen LogP contribution in [0.3, 0.4) is 0 Å². The average molecular weight is 130 g/mol. The van der Waals surface area contributed by atoms with E-state index in [1.54, 1.807) is 0 Å². The molecule has 40 valence electrons. The van der Waals surface area contributed by atoms with E-state index in [2.05, 4.69) is 6.55 Å². The van der Waals surface area contributed by atoms with Gasteiger partial charge < -0.3 is 4.43 Å². The fourth-order valence-electron chi connectivity index (χ4n) is 0.766. The van der Waals surface area contributed by atoms with Crippen LogP contribution in [0.25, 0.3) is 0 Å². The lowest BCUT2D eigenvalue weighted by molar-refractivity contribution is 0.422. The molecule has 0 unspecified atom stereocenters. The molecule has 1 aliphatic heterocycles. The predicted molar refractivity (Wildman–Crippen MR) is 34.0 cm³/mol. The topological polar surface area (TPSA) is 9.23 Å². The fraction of sp³-hybridized carbons (Fsp3) is 1.00. The highest BCUT2D eigenvalue weighted by Crippen LogP contribution is 2.18. The quantitative estimate of drug-likeness (QED) is 0.478. The zero-order valence-electron chi connectivity index (χ0n) is 4.82. The lowest BCUT2D eigenvalue weighted by atomic mass is 11.7. The monoisotopic (exact) mass is 130 g/mol. The van der Waals surface area contributed by atoms with Crippen molar-refractivity contribution in [3.63, 3.8) is 0 Å². The van der Waals surface area contributed by atoms with Crippen LogP contribution < -0.4 is 0 Å². The van der Waals surface area contributed by atoms with Crippen molar-refractivity contribution in [1.82, 2.24) is 0 Å². The third-order valence-corrected chi connectivity index (χ3v) is 9.85. The molecular formula is C4H10OSi2. The Morgan fingerprint density at radius 1 is 1.43 bits per heavy atom. The van der Waals surface area contributed by atoms with Gasteiger partial charge in [0.1, 0.15) is 0 Å².